The molecule has 0 fully saturated rings. The van der Waals surface area contributed by atoms with Crippen LogP contribution >= 0.6 is 27.5 Å². The van der Waals surface area contributed by atoms with Gasteiger partial charge in [-0.3, -0.25) is 0 Å². The zero-order valence-electron chi connectivity index (χ0n) is 8.67. The van der Waals surface area contributed by atoms with Gasteiger partial charge in [0.25, 0.3) is 0 Å². The van der Waals surface area contributed by atoms with Crippen molar-refractivity contribution in [3.8, 4) is 0 Å². The molecule has 0 N–H and O–H groups in total. The Balaban J connectivity index is 2.74. The second-order valence-corrected chi connectivity index (χ2v) is 4.94. The topological polar surface area (TPSA) is 17.8 Å². The van der Waals surface area contributed by atoms with Crippen LogP contribution in [0.5, 0.6) is 0 Å². The van der Waals surface area contributed by atoms with E-state index in [0.29, 0.717) is 11.9 Å². The van der Waals surface area contributed by atoms with Crippen molar-refractivity contribution in [1.29, 1.82) is 0 Å². The lowest BCUT2D eigenvalue weighted by Crippen LogP contribution is -2.04. The molecule has 1 heterocycles. The first kappa shape index (κ1) is 11.0. The summed E-state index contributed by atoms with van der Waals surface area (Å²) in [5.74, 6) is 1.38. The number of nitrogens with zero attached hydrogens (tertiary/aromatic N) is 2. The van der Waals surface area contributed by atoms with E-state index in [1.807, 2.05) is 12.1 Å². The van der Waals surface area contributed by atoms with Gasteiger partial charge in [0.1, 0.15) is 5.82 Å². The molecule has 80 valence electrons. The molecule has 1 aromatic heterocycles. The third-order valence-corrected chi connectivity index (χ3v) is 3.09. The lowest BCUT2D eigenvalue weighted by Gasteiger charge is -2.11. The number of rotatable bonds is 2. The van der Waals surface area contributed by atoms with Crippen molar-refractivity contribution in [3.63, 3.8) is 0 Å². The molecule has 0 radical (unpaired) electrons. The van der Waals surface area contributed by atoms with Gasteiger partial charge in [-0.15, -0.1) is 11.6 Å². The van der Waals surface area contributed by atoms with Gasteiger partial charge in [0, 0.05) is 10.5 Å². The molecule has 0 unspecified atom stereocenters. The van der Waals surface area contributed by atoms with Crippen LogP contribution in [0.4, 0.5) is 0 Å². The normalized spacial score (nSPS) is 11.5. The van der Waals surface area contributed by atoms with E-state index >= 15 is 0 Å². The minimum Gasteiger partial charge on any atom is -0.324 e. The van der Waals surface area contributed by atoms with E-state index in [1.165, 1.54) is 0 Å². The van der Waals surface area contributed by atoms with Crippen LogP contribution in [0.25, 0.3) is 11.0 Å². The maximum absolute atomic E-state index is 5.89. The molecule has 1 aromatic carbocycles. The van der Waals surface area contributed by atoms with E-state index in [2.05, 4.69) is 45.4 Å². The van der Waals surface area contributed by atoms with E-state index < -0.39 is 0 Å². The van der Waals surface area contributed by atoms with E-state index in [0.717, 1.165) is 21.3 Å². The highest BCUT2D eigenvalue weighted by atomic mass is 79.9. The molecule has 0 spiro atoms. The van der Waals surface area contributed by atoms with Gasteiger partial charge in [0.05, 0.1) is 16.9 Å². The van der Waals surface area contributed by atoms with E-state index in [1.54, 1.807) is 0 Å². The lowest BCUT2D eigenvalue weighted by molar-refractivity contribution is 0.597. The quantitative estimate of drug-likeness (QED) is 0.760. The number of alkyl halides is 1. The van der Waals surface area contributed by atoms with Gasteiger partial charge >= 0.3 is 0 Å². The molecule has 0 bridgehead atoms. The van der Waals surface area contributed by atoms with Crippen LogP contribution in [0.2, 0.25) is 0 Å². The largest absolute Gasteiger partial charge is 0.324 e. The molecule has 0 aliphatic rings. The highest BCUT2D eigenvalue weighted by Crippen LogP contribution is 2.24. The number of imidazole rings is 1. The number of aromatic nitrogens is 2. The van der Waals surface area contributed by atoms with Crippen molar-refractivity contribution >= 4 is 38.6 Å². The Kier molecular flexibility index (Phi) is 3.03. The molecular weight excluding hydrogens is 275 g/mol. The number of benzene rings is 1. The van der Waals surface area contributed by atoms with Gasteiger partial charge in [-0.1, -0.05) is 15.9 Å². The third-order valence-electron chi connectivity index (χ3n) is 2.36. The third kappa shape index (κ3) is 1.91. The summed E-state index contributed by atoms with van der Waals surface area (Å²) in [7, 11) is 0. The first-order valence-electron chi connectivity index (χ1n) is 4.86. The molecule has 0 aliphatic heterocycles. The highest BCUT2D eigenvalue weighted by Gasteiger charge is 2.12. The standard InChI is InChI=1S/C11H12BrClN2/c1-7(2)15-10-4-3-8(12)5-9(10)14-11(15)6-13/h3-5,7H,6H2,1-2H3. The van der Waals surface area contributed by atoms with E-state index in [4.69, 9.17) is 11.6 Å². The van der Waals surface area contributed by atoms with Crippen molar-refractivity contribution in [2.75, 3.05) is 0 Å². The Morgan fingerprint density at radius 2 is 2.20 bits per heavy atom. The minimum absolute atomic E-state index is 0.380. The molecule has 0 saturated heterocycles. The van der Waals surface area contributed by atoms with Crippen molar-refractivity contribution in [2.45, 2.75) is 25.8 Å². The molecule has 4 heteroatoms. The zero-order valence-corrected chi connectivity index (χ0v) is 11.0. The summed E-state index contributed by atoms with van der Waals surface area (Å²) in [4.78, 5) is 4.51. The van der Waals surface area contributed by atoms with Gasteiger partial charge < -0.3 is 4.57 Å². The van der Waals surface area contributed by atoms with E-state index in [-0.39, 0.29) is 0 Å². The fourth-order valence-corrected chi connectivity index (χ4v) is 2.33. The van der Waals surface area contributed by atoms with Crippen LogP contribution in [0, 0.1) is 0 Å². The van der Waals surface area contributed by atoms with Crippen molar-refractivity contribution in [1.82, 2.24) is 9.55 Å². The first-order chi connectivity index (χ1) is 7.13. The van der Waals surface area contributed by atoms with Crippen LogP contribution in [-0.4, -0.2) is 9.55 Å². The molecule has 2 aromatic rings. The Morgan fingerprint density at radius 3 is 2.80 bits per heavy atom. The fraction of sp³-hybridized carbons (Fsp3) is 0.364. The Morgan fingerprint density at radius 1 is 1.47 bits per heavy atom. The SMILES string of the molecule is CC(C)n1c(CCl)nc2cc(Br)ccc21. The molecular formula is C11H12BrClN2. The highest BCUT2D eigenvalue weighted by molar-refractivity contribution is 9.10. The zero-order chi connectivity index (χ0) is 11.0. The summed E-state index contributed by atoms with van der Waals surface area (Å²) in [5, 5.41) is 0. The van der Waals surface area contributed by atoms with Crippen LogP contribution < -0.4 is 0 Å². The summed E-state index contributed by atoms with van der Waals surface area (Å²) in [6, 6.07) is 6.50. The average Bonchev–Trinajstić information content (AvgIpc) is 2.54. The maximum Gasteiger partial charge on any atom is 0.125 e. The minimum atomic E-state index is 0.380. The van der Waals surface area contributed by atoms with Crippen LogP contribution in [-0.2, 0) is 5.88 Å². The Hall–Kier alpha value is -0.540. The molecule has 2 rings (SSSR count). The van der Waals surface area contributed by atoms with Gasteiger partial charge in [-0.25, -0.2) is 4.98 Å². The number of hydrogen-bond donors (Lipinski definition) is 0. The second kappa shape index (κ2) is 4.14. The Bertz CT molecular complexity index is 491. The molecule has 0 saturated carbocycles. The number of fused-ring (bicyclic) bond motifs is 1. The molecule has 15 heavy (non-hydrogen) atoms. The summed E-state index contributed by atoms with van der Waals surface area (Å²) >= 11 is 9.34. The van der Waals surface area contributed by atoms with Crippen LogP contribution in [0.3, 0.4) is 0 Å². The van der Waals surface area contributed by atoms with Gasteiger partial charge in [0.2, 0.25) is 0 Å². The summed E-state index contributed by atoms with van der Waals surface area (Å²) in [6.07, 6.45) is 0. The maximum atomic E-state index is 5.89. The summed E-state index contributed by atoms with van der Waals surface area (Å²) in [5.41, 5.74) is 2.14. The number of hydrogen-bond acceptors (Lipinski definition) is 1. The second-order valence-electron chi connectivity index (χ2n) is 3.76. The summed E-state index contributed by atoms with van der Waals surface area (Å²) in [6.45, 7) is 4.28. The smallest absolute Gasteiger partial charge is 0.125 e. The van der Waals surface area contributed by atoms with E-state index in [9.17, 15) is 0 Å². The average molecular weight is 288 g/mol. The molecule has 2 nitrogen and oxygen atoms in total. The molecule has 0 amide bonds. The number of halogens is 2. The monoisotopic (exact) mass is 286 g/mol. The molecule has 0 aliphatic carbocycles. The van der Waals surface area contributed by atoms with Crippen molar-refractivity contribution < 1.29 is 0 Å². The van der Waals surface area contributed by atoms with Gasteiger partial charge in [-0.2, -0.15) is 0 Å². The Labute approximate surface area is 102 Å². The van der Waals surface area contributed by atoms with Crippen molar-refractivity contribution in [3.05, 3.63) is 28.5 Å². The fourth-order valence-electron chi connectivity index (χ4n) is 1.79. The summed E-state index contributed by atoms with van der Waals surface area (Å²) < 4.78 is 3.22. The van der Waals surface area contributed by atoms with Crippen molar-refractivity contribution in [2.24, 2.45) is 0 Å². The van der Waals surface area contributed by atoms with Gasteiger partial charge in [-0.05, 0) is 32.0 Å². The predicted octanol–water partition coefficient (Wildman–Crippen LogP) is 4.12. The predicted molar refractivity (Wildman–Crippen MR) is 67.4 cm³/mol. The van der Waals surface area contributed by atoms with Gasteiger partial charge in [0.15, 0.2) is 0 Å². The first-order valence-corrected chi connectivity index (χ1v) is 6.18. The van der Waals surface area contributed by atoms with Crippen LogP contribution in [0.15, 0.2) is 22.7 Å². The van der Waals surface area contributed by atoms with Crippen LogP contribution in [0.1, 0.15) is 25.7 Å². The molecule has 0 atom stereocenters. The lowest BCUT2D eigenvalue weighted by atomic mass is 10.3.